The van der Waals surface area contributed by atoms with Gasteiger partial charge in [-0.25, -0.2) is 18.2 Å². The highest BCUT2D eigenvalue weighted by Gasteiger charge is 2.49. The quantitative estimate of drug-likeness (QED) is 0.285. The number of pyridine rings is 1. The second-order valence-corrected chi connectivity index (χ2v) is 13.0. The molecular weight excluding hydrogens is 581 g/mol. The molecule has 3 aliphatic heterocycles. The molecule has 0 amide bonds. The van der Waals surface area contributed by atoms with Crippen molar-refractivity contribution < 1.29 is 23.0 Å². The Morgan fingerprint density at radius 3 is 2.73 bits per heavy atom. The van der Waals surface area contributed by atoms with Crippen LogP contribution in [-0.4, -0.2) is 75.0 Å². The predicted octanol–water partition coefficient (Wildman–Crippen LogP) is 5.47. The minimum Gasteiger partial charge on any atom is -0.508 e. The summed E-state index contributed by atoms with van der Waals surface area (Å²) in [5.41, 5.74) is 5.84. The van der Waals surface area contributed by atoms with E-state index in [2.05, 4.69) is 26.7 Å². The summed E-state index contributed by atoms with van der Waals surface area (Å²) in [6, 6.07) is 6.87. The molecule has 3 N–H and O–H groups in total. The van der Waals surface area contributed by atoms with Gasteiger partial charge < -0.3 is 20.5 Å². The third kappa shape index (κ3) is 5.30. The van der Waals surface area contributed by atoms with Gasteiger partial charge in [0, 0.05) is 37.2 Å². The number of piperidine rings is 1. The monoisotopic (exact) mass is 616 g/mol. The molecule has 11 heteroatoms. The Balaban J connectivity index is 1.44. The Kier molecular flexibility index (Phi) is 7.25. The average Bonchev–Trinajstić information content (AvgIpc) is 3.52. The van der Waals surface area contributed by atoms with Crippen LogP contribution in [0.1, 0.15) is 51.6 Å². The number of nitrogens with zero attached hydrogens (tertiary/aromatic N) is 5. The van der Waals surface area contributed by atoms with Crippen molar-refractivity contribution in [2.75, 3.05) is 37.7 Å². The molecule has 2 aromatic heterocycles. The molecule has 7 rings (SSSR count). The lowest BCUT2D eigenvalue weighted by molar-refractivity contribution is 0.107. The number of aromatic nitrogens is 3. The first kappa shape index (κ1) is 29.6. The molecule has 3 fully saturated rings. The lowest BCUT2D eigenvalue weighted by Gasteiger charge is -2.39. The fourth-order valence-corrected chi connectivity index (χ4v) is 7.42. The highest BCUT2D eigenvalue weighted by Crippen LogP contribution is 2.42. The van der Waals surface area contributed by atoms with E-state index in [9.17, 15) is 13.9 Å². The van der Waals surface area contributed by atoms with Crippen LogP contribution in [-0.2, 0) is 0 Å². The summed E-state index contributed by atoms with van der Waals surface area (Å²) in [7, 11) is 0. The van der Waals surface area contributed by atoms with Gasteiger partial charge in [0.05, 0.1) is 10.9 Å². The van der Waals surface area contributed by atoms with Crippen LogP contribution in [0.25, 0.3) is 32.9 Å². The number of halogens is 3. The first-order chi connectivity index (χ1) is 21.6. The SMILES string of the molecule is CC#Cc1nc(-c2cc(O)cc3ccc(F)cc23)c(F)c2nc(OC[C@@]34CCCN3C[C@H](F)C4)nc(N3CCCC(C)(N)C3)c12. The van der Waals surface area contributed by atoms with Crippen molar-refractivity contribution in [3.8, 4) is 34.9 Å². The van der Waals surface area contributed by atoms with E-state index in [1.54, 1.807) is 6.92 Å². The summed E-state index contributed by atoms with van der Waals surface area (Å²) in [5.74, 6) is 4.86. The number of nitrogens with two attached hydrogens (primary N) is 1. The molecule has 0 spiro atoms. The van der Waals surface area contributed by atoms with Crippen LogP contribution in [0.4, 0.5) is 19.0 Å². The van der Waals surface area contributed by atoms with E-state index in [4.69, 9.17) is 15.5 Å². The van der Waals surface area contributed by atoms with Gasteiger partial charge in [-0.05, 0) is 87.0 Å². The number of anilines is 1. The fourth-order valence-electron chi connectivity index (χ4n) is 7.42. The van der Waals surface area contributed by atoms with Gasteiger partial charge in [-0.1, -0.05) is 12.0 Å². The summed E-state index contributed by atoms with van der Waals surface area (Å²) in [4.78, 5) is 18.2. The van der Waals surface area contributed by atoms with Crippen molar-refractivity contribution in [1.82, 2.24) is 19.9 Å². The number of aromatic hydroxyl groups is 1. The molecule has 2 aromatic carbocycles. The van der Waals surface area contributed by atoms with Crippen LogP contribution in [0.5, 0.6) is 11.8 Å². The van der Waals surface area contributed by atoms with Gasteiger partial charge in [0.25, 0.3) is 0 Å². The standard InChI is InChI=1S/C34H35F3N6O2/c1-3-6-26-27-30(28(37)29(39-26)25-15-23(44)13-20-7-8-21(35)14-24(20)25)40-32(41-31(27)42-11-4-9-33(2,38)18-42)45-19-34-10-5-12-43(34)17-22(36)16-34/h7-8,13-15,22,44H,4-5,9-12,16-19,38H2,1-2H3/t22-,33?,34+/m1/s1. The number of ether oxygens (including phenoxy) is 1. The number of hydrogen-bond donors (Lipinski definition) is 2. The highest BCUT2D eigenvalue weighted by atomic mass is 19.1. The number of hydrogen-bond acceptors (Lipinski definition) is 8. The summed E-state index contributed by atoms with van der Waals surface area (Å²) >= 11 is 0. The van der Waals surface area contributed by atoms with Crippen LogP contribution in [0, 0.1) is 23.5 Å². The molecule has 5 heterocycles. The maximum absolute atomic E-state index is 16.9. The predicted molar refractivity (Wildman–Crippen MR) is 167 cm³/mol. The molecule has 0 radical (unpaired) electrons. The van der Waals surface area contributed by atoms with Gasteiger partial charge in [0.1, 0.15) is 47.1 Å². The molecule has 0 aliphatic carbocycles. The Hall–Kier alpha value is -4.14. The van der Waals surface area contributed by atoms with Crippen LogP contribution >= 0.6 is 0 Å². The zero-order valence-electron chi connectivity index (χ0n) is 25.3. The van der Waals surface area contributed by atoms with E-state index in [0.717, 1.165) is 32.2 Å². The number of benzene rings is 2. The third-order valence-corrected chi connectivity index (χ3v) is 9.40. The Labute approximate surface area is 259 Å². The maximum atomic E-state index is 16.9. The van der Waals surface area contributed by atoms with Gasteiger partial charge in [-0.3, -0.25) is 4.90 Å². The first-order valence-corrected chi connectivity index (χ1v) is 15.4. The topological polar surface area (TPSA) is 101 Å². The Bertz CT molecular complexity index is 1890. The Morgan fingerprint density at radius 2 is 1.93 bits per heavy atom. The molecule has 0 bridgehead atoms. The molecule has 3 atom stereocenters. The van der Waals surface area contributed by atoms with Crippen molar-refractivity contribution >= 4 is 27.5 Å². The van der Waals surface area contributed by atoms with Gasteiger partial charge in [0.2, 0.25) is 0 Å². The molecule has 3 aliphatic rings. The van der Waals surface area contributed by atoms with E-state index in [0.29, 0.717) is 48.0 Å². The number of phenolic OH excluding ortho intramolecular Hbond substituents is 1. The van der Waals surface area contributed by atoms with Crippen molar-refractivity contribution in [3.63, 3.8) is 0 Å². The van der Waals surface area contributed by atoms with Gasteiger partial charge in [0.15, 0.2) is 5.82 Å². The smallest absolute Gasteiger partial charge is 0.319 e. The van der Waals surface area contributed by atoms with Gasteiger partial charge >= 0.3 is 6.01 Å². The zero-order chi connectivity index (χ0) is 31.5. The fraction of sp³-hybridized carbons (Fsp3) is 0.441. The molecule has 4 aromatic rings. The van der Waals surface area contributed by atoms with E-state index in [1.165, 1.54) is 30.3 Å². The van der Waals surface area contributed by atoms with Crippen molar-refractivity contribution in [1.29, 1.82) is 0 Å². The number of phenols is 1. The molecule has 8 nitrogen and oxygen atoms in total. The molecule has 45 heavy (non-hydrogen) atoms. The molecule has 234 valence electrons. The van der Waals surface area contributed by atoms with E-state index >= 15 is 4.39 Å². The first-order valence-electron chi connectivity index (χ1n) is 15.4. The summed E-state index contributed by atoms with van der Waals surface area (Å²) in [6.07, 6.45) is 2.80. The van der Waals surface area contributed by atoms with Gasteiger partial charge in [-0.15, -0.1) is 0 Å². The van der Waals surface area contributed by atoms with E-state index in [1.807, 2.05) is 11.8 Å². The molecule has 1 unspecified atom stereocenters. The summed E-state index contributed by atoms with van der Waals surface area (Å²) in [6.45, 7) is 6.05. The van der Waals surface area contributed by atoms with Crippen LogP contribution in [0.15, 0.2) is 30.3 Å². The maximum Gasteiger partial charge on any atom is 0.319 e. The second-order valence-electron chi connectivity index (χ2n) is 13.0. The summed E-state index contributed by atoms with van der Waals surface area (Å²) < 4.78 is 52.0. The molecule has 3 saturated heterocycles. The van der Waals surface area contributed by atoms with Gasteiger partial charge in [-0.2, -0.15) is 9.97 Å². The van der Waals surface area contributed by atoms with Crippen molar-refractivity contribution in [2.24, 2.45) is 5.73 Å². The number of alkyl halides is 1. The second kappa shape index (κ2) is 11.0. The third-order valence-electron chi connectivity index (χ3n) is 9.40. The van der Waals surface area contributed by atoms with Crippen LogP contribution in [0.2, 0.25) is 0 Å². The number of fused-ring (bicyclic) bond motifs is 3. The van der Waals surface area contributed by atoms with Crippen molar-refractivity contribution in [2.45, 2.75) is 63.2 Å². The lowest BCUT2D eigenvalue weighted by atomic mass is 9.92. The molecular formula is C34H35F3N6O2. The normalized spacial score (nSPS) is 25.0. The largest absolute Gasteiger partial charge is 0.508 e. The van der Waals surface area contributed by atoms with E-state index < -0.39 is 28.9 Å². The minimum absolute atomic E-state index is 0.0383. The van der Waals surface area contributed by atoms with Crippen molar-refractivity contribution in [3.05, 3.63) is 47.7 Å². The highest BCUT2D eigenvalue weighted by molar-refractivity contribution is 6.01. The average molecular weight is 617 g/mol. The molecule has 0 saturated carbocycles. The minimum atomic E-state index is -0.930. The summed E-state index contributed by atoms with van der Waals surface area (Å²) in [5, 5.41) is 11.7. The van der Waals surface area contributed by atoms with Crippen LogP contribution in [0.3, 0.4) is 0 Å². The lowest BCUT2D eigenvalue weighted by Crippen LogP contribution is -2.52. The Morgan fingerprint density at radius 1 is 1.11 bits per heavy atom. The van der Waals surface area contributed by atoms with Crippen LogP contribution < -0.4 is 15.4 Å². The number of rotatable bonds is 5. The van der Waals surface area contributed by atoms with E-state index in [-0.39, 0.29) is 40.8 Å². The zero-order valence-corrected chi connectivity index (χ0v) is 25.3.